The van der Waals surface area contributed by atoms with E-state index < -0.39 is 59.5 Å². The molecule has 2 aliphatic heterocycles. The van der Waals surface area contributed by atoms with Gasteiger partial charge in [0.2, 0.25) is 5.91 Å². The zero-order valence-electron chi connectivity index (χ0n) is 22.4. The van der Waals surface area contributed by atoms with E-state index in [0.717, 1.165) is 0 Å². The number of nitrogens with zero attached hydrogens (tertiary/aromatic N) is 1. The summed E-state index contributed by atoms with van der Waals surface area (Å²) in [4.78, 5) is 38.6. The standard InChI is InChI=1S/C28H28F7N3O4/c1-15-10-19(29)2-3-21(15)23-14-20(42-25(40)22-4-5-24(39)37-22)7-9-38(23)26(41)36-8-6-16-11-17(27(30,31)32)13-18(12-16)28(33,34)35/h2-3,10-13,20,22-23H,4-9,14H2,1H3,(H,36,41)(H,37,39)/t20-,22-,23+/m0/s1. The molecule has 0 spiro atoms. The minimum Gasteiger partial charge on any atom is -0.461 e. The first kappa shape index (κ1) is 31.1. The van der Waals surface area contributed by atoms with Crippen molar-refractivity contribution in [3.63, 3.8) is 0 Å². The maximum Gasteiger partial charge on any atom is 0.416 e. The van der Waals surface area contributed by atoms with Gasteiger partial charge in [0.15, 0.2) is 0 Å². The Hall–Kier alpha value is -3.84. The molecule has 0 bridgehead atoms. The van der Waals surface area contributed by atoms with Gasteiger partial charge in [-0.2, -0.15) is 26.3 Å². The van der Waals surface area contributed by atoms with E-state index in [4.69, 9.17) is 4.74 Å². The predicted octanol–water partition coefficient (Wildman–Crippen LogP) is 5.45. The summed E-state index contributed by atoms with van der Waals surface area (Å²) in [7, 11) is 0. The molecule has 0 aromatic heterocycles. The predicted molar refractivity (Wildman–Crippen MR) is 134 cm³/mol. The van der Waals surface area contributed by atoms with Gasteiger partial charge in [-0.25, -0.2) is 14.0 Å². The smallest absolute Gasteiger partial charge is 0.416 e. The molecule has 3 atom stereocenters. The first-order valence-electron chi connectivity index (χ1n) is 13.2. The number of halogens is 7. The molecule has 2 saturated heterocycles. The first-order valence-corrected chi connectivity index (χ1v) is 13.2. The summed E-state index contributed by atoms with van der Waals surface area (Å²) in [6, 6.07) is 3.17. The third kappa shape index (κ3) is 7.51. The molecule has 2 heterocycles. The van der Waals surface area contributed by atoms with Crippen molar-refractivity contribution < 1.29 is 49.9 Å². The second kappa shape index (κ2) is 12.2. The molecule has 2 fully saturated rings. The number of alkyl halides is 6. The van der Waals surface area contributed by atoms with Crippen molar-refractivity contribution in [2.24, 2.45) is 0 Å². The lowest BCUT2D eigenvalue weighted by Crippen LogP contribution is -2.49. The lowest BCUT2D eigenvalue weighted by atomic mass is 9.90. The highest BCUT2D eigenvalue weighted by Gasteiger charge is 2.38. The quantitative estimate of drug-likeness (QED) is 0.340. The van der Waals surface area contributed by atoms with Crippen molar-refractivity contribution in [1.29, 1.82) is 0 Å². The largest absolute Gasteiger partial charge is 0.461 e. The van der Waals surface area contributed by atoms with Crippen LogP contribution in [-0.4, -0.2) is 48.0 Å². The Labute approximate surface area is 236 Å². The molecule has 2 aromatic rings. The van der Waals surface area contributed by atoms with Gasteiger partial charge in [-0.05, 0) is 66.8 Å². The summed E-state index contributed by atoms with van der Waals surface area (Å²) in [6.07, 6.45) is -10.0. The van der Waals surface area contributed by atoms with E-state index in [9.17, 15) is 45.1 Å². The number of aryl methyl sites for hydroxylation is 1. The summed E-state index contributed by atoms with van der Waals surface area (Å²) in [6.45, 7) is 1.47. The Morgan fingerprint density at radius 3 is 2.26 bits per heavy atom. The van der Waals surface area contributed by atoms with Crippen LogP contribution >= 0.6 is 0 Å². The Morgan fingerprint density at radius 2 is 1.69 bits per heavy atom. The second-order valence-electron chi connectivity index (χ2n) is 10.3. The normalized spacial score (nSPS) is 21.2. The van der Waals surface area contributed by atoms with Crippen LogP contribution in [-0.2, 0) is 33.1 Å². The summed E-state index contributed by atoms with van der Waals surface area (Å²) in [5.74, 6) is -1.36. The summed E-state index contributed by atoms with van der Waals surface area (Å²) in [5, 5.41) is 5.08. The number of amides is 3. The molecule has 0 radical (unpaired) electrons. The van der Waals surface area contributed by atoms with Crippen molar-refractivity contribution in [1.82, 2.24) is 15.5 Å². The number of carbonyl (C=O) groups excluding carboxylic acids is 3. The number of ether oxygens (including phenoxy) is 1. The first-order chi connectivity index (χ1) is 19.6. The Balaban J connectivity index is 1.47. The molecule has 2 aliphatic rings. The summed E-state index contributed by atoms with van der Waals surface area (Å²) >= 11 is 0. The molecule has 0 unspecified atom stereocenters. The zero-order chi connectivity index (χ0) is 30.8. The van der Waals surface area contributed by atoms with Gasteiger partial charge in [0, 0.05) is 32.4 Å². The molecule has 14 heteroatoms. The molecule has 2 N–H and O–H groups in total. The molecule has 0 aliphatic carbocycles. The molecule has 228 valence electrons. The van der Waals surface area contributed by atoms with Gasteiger partial charge in [-0.1, -0.05) is 6.07 Å². The van der Waals surface area contributed by atoms with Crippen LogP contribution in [0.5, 0.6) is 0 Å². The second-order valence-corrected chi connectivity index (χ2v) is 10.3. The number of carbonyl (C=O) groups is 3. The highest BCUT2D eigenvalue weighted by Crippen LogP contribution is 2.37. The van der Waals surface area contributed by atoms with Gasteiger partial charge in [0.05, 0.1) is 17.2 Å². The maximum absolute atomic E-state index is 13.8. The number of esters is 1. The molecule has 7 nitrogen and oxygen atoms in total. The van der Waals surface area contributed by atoms with Gasteiger partial charge >= 0.3 is 24.4 Å². The van der Waals surface area contributed by atoms with Crippen molar-refractivity contribution >= 4 is 17.9 Å². The van der Waals surface area contributed by atoms with Gasteiger partial charge in [-0.3, -0.25) is 4.79 Å². The van der Waals surface area contributed by atoms with E-state index in [-0.39, 0.29) is 56.3 Å². The van der Waals surface area contributed by atoms with Crippen molar-refractivity contribution in [2.45, 2.75) is 69.6 Å². The Bertz CT molecular complexity index is 1310. The van der Waals surface area contributed by atoms with Crippen LogP contribution in [0.3, 0.4) is 0 Å². The van der Waals surface area contributed by atoms with Crippen LogP contribution in [0.15, 0.2) is 36.4 Å². The van der Waals surface area contributed by atoms with Crippen molar-refractivity contribution in [3.05, 3.63) is 70.0 Å². The molecule has 4 rings (SSSR count). The molecule has 42 heavy (non-hydrogen) atoms. The number of hydrogen-bond acceptors (Lipinski definition) is 4. The van der Waals surface area contributed by atoms with Crippen LogP contribution in [0, 0.1) is 12.7 Å². The lowest BCUT2D eigenvalue weighted by molar-refractivity contribution is -0.154. The number of likely N-dealkylation sites (tertiary alicyclic amines) is 1. The number of piperidine rings is 1. The monoisotopic (exact) mass is 603 g/mol. The van der Waals surface area contributed by atoms with E-state index in [1.54, 1.807) is 6.92 Å². The molecule has 0 saturated carbocycles. The maximum atomic E-state index is 13.8. The average Bonchev–Trinajstić information content (AvgIpc) is 3.34. The fourth-order valence-electron chi connectivity index (χ4n) is 5.21. The number of rotatable bonds is 6. The SMILES string of the molecule is Cc1cc(F)ccc1[C@H]1C[C@@H](OC(=O)[C@@H]2CCC(=O)N2)CCN1C(=O)NCCc1cc(C(F)(F)F)cc(C(F)(F)F)c1. The van der Waals surface area contributed by atoms with Crippen LogP contribution in [0.1, 0.15) is 59.5 Å². The number of nitrogens with one attached hydrogen (secondary N) is 2. The van der Waals surface area contributed by atoms with E-state index in [1.807, 2.05) is 0 Å². The lowest BCUT2D eigenvalue weighted by Gasteiger charge is -2.40. The van der Waals surface area contributed by atoms with Crippen molar-refractivity contribution in [2.75, 3.05) is 13.1 Å². The van der Waals surface area contributed by atoms with Crippen molar-refractivity contribution in [3.8, 4) is 0 Å². The number of urea groups is 1. The zero-order valence-corrected chi connectivity index (χ0v) is 22.4. The average molecular weight is 604 g/mol. The van der Waals surface area contributed by atoms with Gasteiger partial charge in [-0.15, -0.1) is 0 Å². The minimum absolute atomic E-state index is 0.0370. The van der Waals surface area contributed by atoms with E-state index >= 15 is 0 Å². The van der Waals surface area contributed by atoms with E-state index in [0.29, 0.717) is 29.7 Å². The van der Waals surface area contributed by atoms with Crippen LogP contribution in [0.25, 0.3) is 0 Å². The fraction of sp³-hybridized carbons (Fsp3) is 0.464. The molecule has 3 amide bonds. The third-order valence-electron chi connectivity index (χ3n) is 7.31. The van der Waals surface area contributed by atoms with Gasteiger partial charge < -0.3 is 20.3 Å². The fourth-order valence-corrected chi connectivity index (χ4v) is 5.21. The Kier molecular flexibility index (Phi) is 9.02. The molecular formula is C28H28F7N3O4. The molecule has 2 aromatic carbocycles. The van der Waals surface area contributed by atoms with E-state index in [2.05, 4.69) is 10.6 Å². The highest BCUT2D eigenvalue weighted by molar-refractivity contribution is 5.88. The van der Waals surface area contributed by atoms with Crippen LogP contribution < -0.4 is 10.6 Å². The summed E-state index contributed by atoms with van der Waals surface area (Å²) < 4.78 is 98.6. The topological polar surface area (TPSA) is 87.7 Å². The van der Waals surface area contributed by atoms with Crippen LogP contribution in [0.2, 0.25) is 0 Å². The number of hydrogen-bond donors (Lipinski definition) is 2. The highest BCUT2D eigenvalue weighted by atomic mass is 19.4. The Morgan fingerprint density at radius 1 is 1.02 bits per heavy atom. The van der Waals surface area contributed by atoms with E-state index in [1.165, 1.54) is 23.1 Å². The minimum atomic E-state index is -4.99. The summed E-state index contributed by atoms with van der Waals surface area (Å²) in [5.41, 5.74) is -2.04. The third-order valence-corrected chi connectivity index (χ3v) is 7.31. The van der Waals surface area contributed by atoms with Gasteiger partial charge in [0.1, 0.15) is 18.0 Å². The van der Waals surface area contributed by atoms with Crippen LogP contribution in [0.4, 0.5) is 35.5 Å². The van der Waals surface area contributed by atoms with Gasteiger partial charge in [0.25, 0.3) is 0 Å². The number of benzene rings is 2. The molecular weight excluding hydrogens is 575 g/mol.